The Labute approximate surface area is 151 Å². The molecule has 1 heterocycles. The van der Waals surface area contributed by atoms with E-state index in [-0.39, 0.29) is 8.96 Å². The molecule has 24 heavy (non-hydrogen) atoms. The highest BCUT2D eigenvalue weighted by Crippen LogP contribution is 2.55. The van der Waals surface area contributed by atoms with Crippen molar-refractivity contribution in [1.29, 1.82) is 0 Å². The fourth-order valence-electron chi connectivity index (χ4n) is 3.48. The Morgan fingerprint density at radius 2 is 1.33 bits per heavy atom. The Hall–Kier alpha value is -1.55. The topological polar surface area (TPSA) is 0 Å². The molecule has 0 fully saturated rings. The van der Waals surface area contributed by atoms with Crippen molar-refractivity contribution in [2.45, 2.75) is 9.79 Å². The van der Waals surface area contributed by atoms with E-state index < -0.39 is 0 Å². The summed E-state index contributed by atoms with van der Waals surface area (Å²) < 4.78 is 0. The zero-order chi connectivity index (χ0) is 16.1. The minimum absolute atomic E-state index is 0.146. The minimum atomic E-state index is 0.146. The average molecular weight is 364 g/mol. The molecule has 0 saturated heterocycles. The Morgan fingerprint density at radius 1 is 0.708 bits per heavy atom. The van der Waals surface area contributed by atoms with Gasteiger partial charge in [0.2, 0.25) is 0 Å². The van der Waals surface area contributed by atoms with Crippen molar-refractivity contribution < 1.29 is 0 Å². The minimum Gasteiger partial charge on any atom is -0.0616 e. The van der Waals surface area contributed by atoms with Gasteiger partial charge in [0.1, 0.15) is 21.6 Å². The van der Waals surface area contributed by atoms with Crippen LogP contribution in [-0.2, 0) is 8.96 Å². The predicted molar refractivity (Wildman–Crippen MR) is 112 cm³/mol. The molecule has 0 N–H and O–H groups in total. The largest absolute Gasteiger partial charge is 0.190 e. The summed E-state index contributed by atoms with van der Waals surface area (Å²) in [6, 6.07) is 26.7. The lowest BCUT2D eigenvalue weighted by Crippen LogP contribution is -2.03. The highest BCUT2D eigenvalue weighted by Gasteiger charge is 2.37. The Kier molecular flexibility index (Phi) is 3.55. The monoisotopic (exact) mass is 363 g/mol. The van der Waals surface area contributed by atoms with Crippen LogP contribution in [0.3, 0.4) is 0 Å². The van der Waals surface area contributed by atoms with Crippen LogP contribution in [0.25, 0.3) is 32.7 Å². The molecule has 0 aromatic heterocycles. The molecule has 0 nitrogen and oxygen atoms in total. The highest BCUT2D eigenvalue weighted by molar-refractivity contribution is 9.06. The van der Waals surface area contributed by atoms with Gasteiger partial charge in [-0.15, -0.1) is 0 Å². The molecule has 0 amide bonds. The SMILES string of the molecule is CS[S+]1Sc2ccc3ccccc3c2-c2c1ccc1ccccc21. The van der Waals surface area contributed by atoms with Crippen LogP contribution in [0.15, 0.2) is 82.6 Å². The summed E-state index contributed by atoms with van der Waals surface area (Å²) in [5, 5.41) is 5.39. The zero-order valence-corrected chi connectivity index (χ0v) is 15.6. The van der Waals surface area contributed by atoms with Gasteiger partial charge in [-0.25, -0.2) is 0 Å². The van der Waals surface area contributed by atoms with Crippen molar-refractivity contribution in [2.75, 3.05) is 6.26 Å². The van der Waals surface area contributed by atoms with Gasteiger partial charge in [-0.3, -0.25) is 0 Å². The van der Waals surface area contributed by atoms with E-state index in [0.717, 1.165) is 0 Å². The molecule has 1 aliphatic heterocycles. The van der Waals surface area contributed by atoms with Gasteiger partial charge >= 0.3 is 0 Å². The molecule has 116 valence electrons. The third-order valence-electron chi connectivity index (χ3n) is 4.53. The van der Waals surface area contributed by atoms with Gasteiger partial charge in [-0.05, 0) is 39.7 Å². The number of hydrogen-bond acceptors (Lipinski definition) is 2. The van der Waals surface area contributed by atoms with E-state index in [1.54, 1.807) is 0 Å². The maximum Gasteiger partial charge on any atom is 0.190 e. The van der Waals surface area contributed by atoms with E-state index >= 15 is 0 Å². The normalized spacial score (nSPS) is 16.1. The summed E-state index contributed by atoms with van der Waals surface area (Å²) >= 11 is 0. The van der Waals surface area contributed by atoms with Gasteiger partial charge in [-0.2, -0.15) is 0 Å². The first kappa shape index (κ1) is 14.8. The Bertz CT molecular complexity index is 1080. The first-order valence-electron chi connectivity index (χ1n) is 7.88. The lowest BCUT2D eigenvalue weighted by atomic mass is 9.94. The Balaban J connectivity index is 1.98. The van der Waals surface area contributed by atoms with Crippen molar-refractivity contribution in [1.82, 2.24) is 0 Å². The van der Waals surface area contributed by atoms with Crippen LogP contribution in [-0.4, -0.2) is 6.26 Å². The van der Waals surface area contributed by atoms with Crippen molar-refractivity contribution in [3.8, 4) is 11.1 Å². The van der Waals surface area contributed by atoms with E-state index in [1.807, 2.05) is 21.6 Å². The smallest absolute Gasteiger partial charge is 0.0616 e. The highest BCUT2D eigenvalue weighted by atomic mass is 33.5. The fourth-order valence-corrected chi connectivity index (χ4v) is 8.98. The van der Waals surface area contributed by atoms with Crippen LogP contribution in [0.1, 0.15) is 0 Å². The van der Waals surface area contributed by atoms with Crippen LogP contribution in [0.4, 0.5) is 0 Å². The second kappa shape index (κ2) is 5.76. The van der Waals surface area contributed by atoms with Gasteiger partial charge in [0.05, 0.1) is 4.90 Å². The van der Waals surface area contributed by atoms with Gasteiger partial charge in [0.25, 0.3) is 0 Å². The van der Waals surface area contributed by atoms with Crippen LogP contribution >= 0.6 is 21.6 Å². The van der Waals surface area contributed by atoms with E-state index in [2.05, 4.69) is 79.1 Å². The number of fused-ring (bicyclic) bond motifs is 7. The molecule has 4 aromatic carbocycles. The number of benzene rings is 4. The molecule has 4 aromatic rings. The van der Waals surface area contributed by atoms with Crippen molar-refractivity contribution in [2.24, 2.45) is 0 Å². The summed E-state index contributed by atoms with van der Waals surface area (Å²) in [5.41, 5.74) is 2.86. The van der Waals surface area contributed by atoms with Crippen LogP contribution in [0.5, 0.6) is 0 Å². The van der Waals surface area contributed by atoms with E-state index in [4.69, 9.17) is 0 Å². The summed E-state index contributed by atoms with van der Waals surface area (Å²) in [7, 11) is 4.12. The molecule has 0 aliphatic carbocycles. The van der Waals surface area contributed by atoms with Gasteiger partial charge in [0.15, 0.2) is 13.9 Å². The molecule has 0 bridgehead atoms. The number of rotatable bonds is 1. The van der Waals surface area contributed by atoms with Crippen molar-refractivity contribution in [3.05, 3.63) is 72.8 Å². The second-order valence-corrected chi connectivity index (χ2v) is 11.8. The lowest BCUT2D eigenvalue weighted by molar-refractivity contribution is 1.42. The molecule has 1 unspecified atom stereocenters. The third-order valence-corrected chi connectivity index (χ3v) is 11.0. The molecule has 3 heteroatoms. The lowest BCUT2D eigenvalue weighted by Gasteiger charge is -2.20. The zero-order valence-electron chi connectivity index (χ0n) is 13.2. The van der Waals surface area contributed by atoms with Gasteiger partial charge < -0.3 is 0 Å². The van der Waals surface area contributed by atoms with Crippen LogP contribution < -0.4 is 0 Å². The fraction of sp³-hybridized carbons (Fsp3) is 0.0476. The maximum atomic E-state index is 2.34. The first-order valence-corrected chi connectivity index (χ1v) is 12.2. The summed E-state index contributed by atoms with van der Waals surface area (Å²) in [6.07, 6.45) is 2.22. The van der Waals surface area contributed by atoms with E-state index in [9.17, 15) is 0 Å². The molecule has 1 atom stereocenters. The molecule has 0 radical (unpaired) electrons. The van der Waals surface area contributed by atoms with Crippen molar-refractivity contribution in [3.63, 3.8) is 0 Å². The van der Waals surface area contributed by atoms with E-state index in [0.29, 0.717) is 0 Å². The standard InChI is InChI=1S/C21H15S3/c1-22-24-19-13-11-15-7-3-5-9-17(15)21(19)20-16-8-4-2-6-14(16)10-12-18(20)23-24/h2-13H,1H3/q+1. The van der Waals surface area contributed by atoms with Crippen LogP contribution in [0, 0.1) is 0 Å². The molecule has 0 spiro atoms. The summed E-state index contributed by atoms with van der Waals surface area (Å²) in [6.45, 7) is 0. The predicted octanol–water partition coefficient (Wildman–Crippen LogP) is 6.94. The molecular weight excluding hydrogens is 348 g/mol. The Morgan fingerprint density at radius 3 is 2.04 bits per heavy atom. The quantitative estimate of drug-likeness (QED) is 0.265. The molecular formula is C21H15S3+. The van der Waals surface area contributed by atoms with E-state index in [1.165, 1.54) is 42.5 Å². The molecule has 0 saturated carbocycles. The van der Waals surface area contributed by atoms with Gasteiger partial charge in [-0.1, -0.05) is 54.6 Å². The maximum absolute atomic E-state index is 2.34. The summed E-state index contributed by atoms with van der Waals surface area (Å²) in [4.78, 5) is 2.89. The third kappa shape index (κ3) is 2.12. The number of hydrogen-bond donors (Lipinski definition) is 0. The van der Waals surface area contributed by atoms with Crippen LogP contribution in [0.2, 0.25) is 0 Å². The van der Waals surface area contributed by atoms with Crippen molar-refractivity contribution >= 4 is 52.1 Å². The molecule has 5 rings (SSSR count). The van der Waals surface area contributed by atoms with Gasteiger partial charge in [0, 0.05) is 17.4 Å². The summed E-state index contributed by atoms with van der Waals surface area (Å²) in [5.74, 6) is 0. The average Bonchev–Trinajstić information content (AvgIpc) is 2.66. The second-order valence-electron chi connectivity index (χ2n) is 5.80. The first-order chi connectivity index (χ1) is 11.9. The molecule has 1 aliphatic rings.